The van der Waals surface area contributed by atoms with Gasteiger partial charge in [-0.05, 0) is 18.2 Å². The third-order valence-corrected chi connectivity index (χ3v) is 1.78. The Labute approximate surface area is 80.6 Å². The lowest BCUT2D eigenvalue weighted by Gasteiger charge is -1.96. The maximum atomic E-state index is 13.0. The van der Waals surface area contributed by atoms with Crippen LogP contribution in [0.25, 0.3) is 5.83 Å². The molecule has 0 aliphatic heterocycles. The van der Waals surface area contributed by atoms with Crippen molar-refractivity contribution in [3.63, 3.8) is 0 Å². The molecule has 0 N–H and O–H groups in total. The van der Waals surface area contributed by atoms with Crippen LogP contribution >= 0.6 is 23.2 Å². The minimum atomic E-state index is -0.318. The highest BCUT2D eigenvalue weighted by atomic mass is 35.5. The van der Waals surface area contributed by atoms with E-state index in [-0.39, 0.29) is 11.7 Å². The maximum Gasteiger partial charge on any atom is 0.127 e. The molecule has 0 heterocycles. The molecule has 0 atom stereocenters. The molecule has 0 saturated heterocycles. The van der Waals surface area contributed by atoms with Gasteiger partial charge in [0.2, 0.25) is 0 Å². The van der Waals surface area contributed by atoms with Gasteiger partial charge >= 0.3 is 0 Å². The van der Waals surface area contributed by atoms with Gasteiger partial charge in [-0.15, -0.1) is 11.6 Å². The predicted molar refractivity (Wildman–Crippen MR) is 51.3 cm³/mol. The van der Waals surface area contributed by atoms with E-state index in [4.69, 9.17) is 23.2 Å². The highest BCUT2D eigenvalue weighted by Crippen LogP contribution is 2.18. The molecule has 0 spiro atoms. The van der Waals surface area contributed by atoms with Crippen molar-refractivity contribution >= 4 is 29.0 Å². The van der Waals surface area contributed by atoms with Crippen LogP contribution in [0.2, 0.25) is 5.02 Å². The number of halogens is 3. The van der Waals surface area contributed by atoms with Crippen LogP contribution in [-0.4, -0.2) is 5.88 Å². The number of allylic oxidation sites excluding steroid dienone is 1. The summed E-state index contributed by atoms with van der Waals surface area (Å²) in [6, 6.07) is 6.50. The zero-order chi connectivity index (χ0) is 8.97. The van der Waals surface area contributed by atoms with Crippen molar-refractivity contribution in [2.24, 2.45) is 0 Å². The summed E-state index contributed by atoms with van der Waals surface area (Å²) in [7, 11) is 0. The summed E-state index contributed by atoms with van der Waals surface area (Å²) in [5, 5.41) is 0.595. The first-order valence-electron chi connectivity index (χ1n) is 3.41. The lowest BCUT2D eigenvalue weighted by atomic mass is 10.2. The fourth-order valence-electron chi connectivity index (χ4n) is 0.795. The van der Waals surface area contributed by atoms with E-state index >= 15 is 0 Å². The molecule has 0 bridgehead atoms. The van der Waals surface area contributed by atoms with Gasteiger partial charge in [-0.25, -0.2) is 4.39 Å². The van der Waals surface area contributed by atoms with Crippen molar-refractivity contribution in [1.82, 2.24) is 0 Å². The SMILES string of the molecule is F/C(=C/CCl)c1ccc(Cl)cc1. The number of benzene rings is 1. The van der Waals surface area contributed by atoms with E-state index in [9.17, 15) is 4.39 Å². The van der Waals surface area contributed by atoms with E-state index in [0.717, 1.165) is 0 Å². The number of rotatable bonds is 2. The third-order valence-electron chi connectivity index (χ3n) is 1.38. The highest BCUT2D eigenvalue weighted by molar-refractivity contribution is 6.30. The Kier molecular flexibility index (Phi) is 3.57. The van der Waals surface area contributed by atoms with Crippen LogP contribution in [0.4, 0.5) is 4.39 Å². The summed E-state index contributed by atoms with van der Waals surface area (Å²) in [6.45, 7) is 0. The van der Waals surface area contributed by atoms with Gasteiger partial charge in [0.05, 0.1) is 0 Å². The molecule has 0 nitrogen and oxygen atoms in total. The van der Waals surface area contributed by atoms with Crippen LogP contribution in [0.1, 0.15) is 5.56 Å². The van der Waals surface area contributed by atoms with E-state index < -0.39 is 0 Å². The molecule has 1 aromatic carbocycles. The van der Waals surface area contributed by atoms with Crippen LogP contribution in [0.3, 0.4) is 0 Å². The summed E-state index contributed by atoms with van der Waals surface area (Å²) in [5.74, 6) is -0.143. The quantitative estimate of drug-likeness (QED) is 0.642. The summed E-state index contributed by atoms with van der Waals surface area (Å²) in [6.07, 6.45) is 1.31. The van der Waals surface area contributed by atoms with Crippen molar-refractivity contribution in [2.75, 3.05) is 5.88 Å². The van der Waals surface area contributed by atoms with Crippen molar-refractivity contribution in [1.29, 1.82) is 0 Å². The average molecular weight is 205 g/mol. The molecule has 0 fully saturated rings. The third kappa shape index (κ3) is 2.50. The molecule has 0 aliphatic rings. The molecular formula is C9H7Cl2F. The zero-order valence-corrected chi connectivity index (χ0v) is 7.74. The van der Waals surface area contributed by atoms with Gasteiger partial charge < -0.3 is 0 Å². The molecular weight excluding hydrogens is 198 g/mol. The lowest BCUT2D eigenvalue weighted by molar-refractivity contribution is 0.758. The Balaban J connectivity index is 2.89. The highest BCUT2D eigenvalue weighted by Gasteiger charge is 1.97. The van der Waals surface area contributed by atoms with E-state index in [2.05, 4.69) is 0 Å². The molecule has 1 rings (SSSR count). The van der Waals surface area contributed by atoms with Gasteiger partial charge in [-0.2, -0.15) is 0 Å². The first-order chi connectivity index (χ1) is 5.74. The molecule has 0 aliphatic carbocycles. The van der Waals surface area contributed by atoms with E-state index in [1.54, 1.807) is 24.3 Å². The Morgan fingerprint density at radius 1 is 1.33 bits per heavy atom. The van der Waals surface area contributed by atoms with Gasteiger partial charge in [0.15, 0.2) is 0 Å². The molecule has 3 heteroatoms. The largest absolute Gasteiger partial charge is 0.207 e. The van der Waals surface area contributed by atoms with E-state index in [0.29, 0.717) is 10.6 Å². The number of alkyl halides is 1. The Morgan fingerprint density at radius 2 is 1.92 bits per heavy atom. The molecule has 0 aromatic heterocycles. The fourth-order valence-corrected chi connectivity index (χ4v) is 1.06. The Hall–Kier alpha value is -0.530. The summed E-state index contributed by atoms with van der Waals surface area (Å²) >= 11 is 11.0. The molecule has 0 radical (unpaired) electrons. The van der Waals surface area contributed by atoms with Gasteiger partial charge in [0.25, 0.3) is 0 Å². The van der Waals surface area contributed by atoms with Crippen LogP contribution in [0.15, 0.2) is 30.3 Å². The summed E-state index contributed by atoms with van der Waals surface area (Å²) in [5.41, 5.74) is 0.500. The lowest BCUT2D eigenvalue weighted by Crippen LogP contribution is -1.77. The molecule has 0 amide bonds. The second-order valence-electron chi connectivity index (χ2n) is 2.21. The normalized spacial score (nSPS) is 11.8. The molecule has 1 aromatic rings. The maximum absolute atomic E-state index is 13.0. The minimum absolute atomic E-state index is 0.175. The molecule has 0 unspecified atom stereocenters. The van der Waals surface area contributed by atoms with Crippen molar-refractivity contribution in [2.45, 2.75) is 0 Å². The Morgan fingerprint density at radius 3 is 2.42 bits per heavy atom. The topological polar surface area (TPSA) is 0 Å². The van der Waals surface area contributed by atoms with Gasteiger partial charge in [0.1, 0.15) is 5.83 Å². The molecule has 64 valence electrons. The van der Waals surface area contributed by atoms with E-state index in [1.165, 1.54) is 6.08 Å². The Bertz CT molecular complexity index is 277. The fraction of sp³-hybridized carbons (Fsp3) is 0.111. The van der Waals surface area contributed by atoms with Crippen LogP contribution < -0.4 is 0 Å². The smallest absolute Gasteiger partial charge is 0.127 e. The van der Waals surface area contributed by atoms with Gasteiger partial charge in [0, 0.05) is 16.5 Å². The first-order valence-corrected chi connectivity index (χ1v) is 4.33. The van der Waals surface area contributed by atoms with Crippen molar-refractivity contribution in [3.05, 3.63) is 40.9 Å². The van der Waals surface area contributed by atoms with Crippen LogP contribution in [0, 0.1) is 0 Å². The van der Waals surface area contributed by atoms with E-state index in [1.807, 2.05) is 0 Å². The van der Waals surface area contributed by atoms with Crippen LogP contribution in [0.5, 0.6) is 0 Å². The van der Waals surface area contributed by atoms with Gasteiger partial charge in [-0.3, -0.25) is 0 Å². The second-order valence-corrected chi connectivity index (χ2v) is 2.96. The first kappa shape index (κ1) is 9.56. The zero-order valence-electron chi connectivity index (χ0n) is 6.23. The molecule has 12 heavy (non-hydrogen) atoms. The minimum Gasteiger partial charge on any atom is -0.207 e. The summed E-state index contributed by atoms with van der Waals surface area (Å²) < 4.78 is 13.0. The van der Waals surface area contributed by atoms with Crippen molar-refractivity contribution < 1.29 is 4.39 Å². The van der Waals surface area contributed by atoms with Crippen molar-refractivity contribution in [3.8, 4) is 0 Å². The summed E-state index contributed by atoms with van der Waals surface area (Å²) in [4.78, 5) is 0. The molecule has 0 saturated carbocycles. The van der Waals surface area contributed by atoms with Crippen LogP contribution in [-0.2, 0) is 0 Å². The number of hydrogen-bond donors (Lipinski definition) is 0. The average Bonchev–Trinajstić information content (AvgIpc) is 2.06. The van der Waals surface area contributed by atoms with Gasteiger partial charge in [-0.1, -0.05) is 23.7 Å². The standard InChI is InChI=1S/C9H7Cl2F/c10-6-5-9(12)7-1-3-8(11)4-2-7/h1-5H,6H2/b9-5+. The monoisotopic (exact) mass is 204 g/mol. The second kappa shape index (κ2) is 4.48. The number of hydrogen-bond acceptors (Lipinski definition) is 0. The predicted octanol–water partition coefficient (Wildman–Crippen LogP) is 3.89.